The lowest BCUT2D eigenvalue weighted by Crippen LogP contribution is -2.24. The topological polar surface area (TPSA) is 63.4 Å². The van der Waals surface area contributed by atoms with Crippen molar-refractivity contribution in [3.8, 4) is 11.5 Å². The molecule has 0 radical (unpaired) electrons. The zero-order chi connectivity index (χ0) is 13.1. The van der Waals surface area contributed by atoms with Gasteiger partial charge in [0.05, 0.1) is 6.42 Å². The van der Waals surface area contributed by atoms with Crippen LogP contribution in [0.2, 0.25) is 0 Å². The number of aromatic nitrogens is 1. The Bertz CT molecular complexity index is 578. The number of fused-ring (bicyclic) bond motifs is 1. The third kappa shape index (κ3) is 2.70. The molecule has 0 spiro atoms. The Hall–Kier alpha value is -2.43. The second kappa shape index (κ2) is 5.06. The van der Waals surface area contributed by atoms with Gasteiger partial charge in [0, 0.05) is 18.4 Å². The van der Waals surface area contributed by atoms with Crippen molar-refractivity contribution >= 4 is 5.91 Å². The molecule has 1 aromatic carbocycles. The Morgan fingerprint density at radius 1 is 1.26 bits per heavy atom. The Morgan fingerprint density at radius 3 is 3.00 bits per heavy atom. The molecule has 5 nitrogen and oxygen atoms in total. The van der Waals surface area contributed by atoms with Crippen LogP contribution in [0.1, 0.15) is 11.3 Å². The number of aromatic amines is 1. The highest BCUT2D eigenvalue weighted by atomic mass is 16.7. The van der Waals surface area contributed by atoms with Crippen LogP contribution in [0.15, 0.2) is 36.5 Å². The molecule has 2 heterocycles. The molecule has 0 saturated heterocycles. The zero-order valence-corrected chi connectivity index (χ0v) is 10.3. The van der Waals surface area contributed by atoms with Gasteiger partial charge in [-0.05, 0) is 29.8 Å². The van der Waals surface area contributed by atoms with Gasteiger partial charge in [0.1, 0.15) is 0 Å². The predicted molar refractivity (Wildman–Crippen MR) is 68.9 cm³/mol. The van der Waals surface area contributed by atoms with Gasteiger partial charge in [0.15, 0.2) is 11.5 Å². The molecule has 0 bridgehead atoms. The minimum Gasteiger partial charge on any atom is -0.454 e. The van der Waals surface area contributed by atoms with Gasteiger partial charge < -0.3 is 19.8 Å². The summed E-state index contributed by atoms with van der Waals surface area (Å²) in [4.78, 5) is 14.7. The number of amides is 1. The van der Waals surface area contributed by atoms with E-state index in [0.717, 1.165) is 22.8 Å². The molecule has 98 valence electrons. The minimum atomic E-state index is -0.0138. The molecule has 1 aliphatic rings. The quantitative estimate of drug-likeness (QED) is 0.875. The van der Waals surface area contributed by atoms with E-state index >= 15 is 0 Å². The molecule has 0 saturated carbocycles. The fourth-order valence-electron chi connectivity index (χ4n) is 1.96. The van der Waals surface area contributed by atoms with Crippen LogP contribution < -0.4 is 14.8 Å². The van der Waals surface area contributed by atoms with E-state index in [2.05, 4.69) is 10.3 Å². The lowest BCUT2D eigenvalue weighted by molar-refractivity contribution is -0.120. The highest BCUT2D eigenvalue weighted by molar-refractivity contribution is 5.78. The van der Waals surface area contributed by atoms with Crippen LogP contribution in [0.3, 0.4) is 0 Å². The normalized spacial score (nSPS) is 12.4. The summed E-state index contributed by atoms with van der Waals surface area (Å²) in [6.07, 6.45) is 2.16. The van der Waals surface area contributed by atoms with Gasteiger partial charge in [-0.2, -0.15) is 0 Å². The summed E-state index contributed by atoms with van der Waals surface area (Å²) in [7, 11) is 0. The SMILES string of the molecule is O=C(Cc1ccc[nH]1)NCc1ccc2c(c1)OCO2. The number of carbonyl (C=O) groups excluding carboxylic acids is 1. The van der Waals surface area contributed by atoms with Crippen LogP contribution in [0.25, 0.3) is 0 Å². The zero-order valence-electron chi connectivity index (χ0n) is 10.3. The molecule has 2 aromatic rings. The number of nitrogens with one attached hydrogen (secondary N) is 2. The minimum absolute atomic E-state index is 0.0138. The fourth-order valence-corrected chi connectivity index (χ4v) is 1.96. The van der Waals surface area contributed by atoms with Crippen molar-refractivity contribution in [1.82, 2.24) is 10.3 Å². The van der Waals surface area contributed by atoms with E-state index in [1.54, 1.807) is 6.20 Å². The maximum absolute atomic E-state index is 11.7. The first-order chi connectivity index (χ1) is 9.31. The number of hydrogen-bond donors (Lipinski definition) is 2. The molecule has 1 aromatic heterocycles. The van der Waals surface area contributed by atoms with Gasteiger partial charge in [0.2, 0.25) is 12.7 Å². The average Bonchev–Trinajstić information content (AvgIpc) is 3.06. The van der Waals surface area contributed by atoms with Gasteiger partial charge in [-0.15, -0.1) is 0 Å². The fraction of sp³-hybridized carbons (Fsp3) is 0.214. The van der Waals surface area contributed by atoms with E-state index in [1.807, 2.05) is 30.3 Å². The van der Waals surface area contributed by atoms with E-state index in [9.17, 15) is 4.79 Å². The van der Waals surface area contributed by atoms with Crippen LogP contribution in [-0.2, 0) is 17.8 Å². The molecule has 3 rings (SSSR count). The van der Waals surface area contributed by atoms with Gasteiger partial charge in [0.25, 0.3) is 0 Å². The molecule has 19 heavy (non-hydrogen) atoms. The Kier molecular flexibility index (Phi) is 3.10. The van der Waals surface area contributed by atoms with Crippen molar-refractivity contribution in [2.75, 3.05) is 6.79 Å². The third-order valence-corrected chi connectivity index (χ3v) is 2.94. The summed E-state index contributed by atoms with van der Waals surface area (Å²) in [6.45, 7) is 0.744. The van der Waals surface area contributed by atoms with Gasteiger partial charge in [-0.1, -0.05) is 6.07 Å². The van der Waals surface area contributed by atoms with Crippen molar-refractivity contribution in [2.24, 2.45) is 0 Å². The molecule has 0 atom stereocenters. The van der Waals surface area contributed by atoms with E-state index < -0.39 is 0 Å². The molecule has 2 N–H and O–H groups in total. The monoisotopic (exact) mass is 258 g/mol. The van der Waals surface area contributed by atoms with Gasteiger partial charge in [-0.25, -0.2) is 0 Å². The number of carbonyl (C=O) groups is 1. The highest BCUT2D eigenvalue weighted by Crippen LogP contribution is 2.32. The van der Waals surface area contributed by atoms with Crippen molar-refractivity contribution in [2.45, 2.75) is 13.0 Å². The number of H-pyrrole nitrogens is 1. The second-order valence-corrected chi connectivity index (χ2v) is 4.34. The summed E-state index contributed by atoms with van der Waals surface area (Å²) in [5.41, 5.74) is 1.90. The van der Waals surface area contributed by atoms with Crippen LogP contribution >= 0.6 is 0 Å². The van der Waals surface area contributed by atoms with Crippen LogP contribution in [-0.4, -0.2) is 17.7 Å². The molecule has 1 amide bonds. The van der Waals surface area contributed by atoms with Gasteiger partial charge >= 0.3 is 0 Å². The molecule has 5 heteroatoms. The van der Waals surface area contributed by atoms with Crippen LogP contribution in [0.5, 0.6) is 11.5 Å². The maximum Gasteiger partial charge on any atom is 0.231 e. The van der Waals surface area contributed by atoms with Crippen LogP contribution in [0, 0.1) is 0 Å². The summed E-state index contributed by atoms with van der Waals surface area (Å²) in [5, 5.41) is 2.87. The van der Waals surface area contributed by atoms with E-state index in [1.165, 1.54) is 0 Å². The standard InChI is InChI=1S/C14H14N2O3/c17-14(7-11-2-1-5-15-11)16-8-10-3-4-12-13(6-10)19-9-18-12/h1-6,15H,7-9H2,(H,16,17). The Labute approximate surface area is 110 Å². The first kappa shape index (κ1) is 11.6. The van der Waals surface area contributed by atoms with Crippen molar-refractivity contribution in [1.29, 1.82) is 0 Å². The smallest absolute Gasteiger partial charge is 0.231 e. The lowest BCUT2D eigenvalue weighted by Gasteiger charge is -2.05. The summed E-state index contributed by atoms with van der Waals surface area (Å²) in [5.74, 6) is 1.47. The summed E-state index contributed by atoms with van der Waals surface area (Å²) < 4.78 is 10.5. The van der Waals surface area contributed by atoms with Crippen molar-refractivity contribution in [3.05, 3.63) is 47.8 Å². The molecule has 0 unspecified atom stereocenters. The lowest BCUT2D eigenvalue weighted by atomic mass is 10.2. The molecular formula is C14H14N2O3. The van der Waals surface area contributed by atoms with Crippen molar-refractivity contribution in [3.63, 3.8) is 0 Å². The number of ether oxygens (including phenoxy) is 2. The van der Waals surface area contributed by atoms with E-state index in [-0.39, 0.29) is 12.7 Å². The molecular weight excluding hydrogens is 244 g/mol. The largest absolute Gasteiger partial charge is 0.454 e. The number of benzene rings is 1. The molecule has 0 fully saturated rings. The van der Waals surface area contributed by atoms with E-state index in [4.69, 9.17) is 9.47 Å². The predicted octanol–water partition coefficient (Wildman–Crippen LogP) is 1.60. The average molecular weight is 258 g/mol. The van der Waals surface area contributed by atoms with E-state index in [0.29, 0.717) is 13.0 Å². The maximum atomic E-state index is 11.7. The summed E-state index contributed by atoms with van der Waals surface area (Å²) in [6, 6.07) is 9.43. The Morgan fingerprint density at radius 2 is 2.16 bits per heavy atom. The third-order valence-electron chi connectivity index (χ3n) is 2.94. The first-order valence-corrected chi connectivity index (χ1v) is 6.09. The summed E-state index contributed by atoms with van der Waals surface area (Å²) >= 11 is 0. The number of rotatable bonds is 4. The Balaban J connectivity index is 1.56. The number of hydrogen-bond acceptors (Lipinski definition) is 3. The second-order valence-electron chi connectivity index (χ2n) is 4.34. The highest BCUT2D eigenvalue weighted by Gasteiger charge is 2.13. The van der Waals surface area contributed by atoms with Gasteiger partial charge in [-0.3, -0.25) is 4.79 Å². The van der Waals surface area contributed by atoms with Crippen LogP contribution in [0.4, 0.5) is 0 Å². The molecule has 1 aliphatic heterocycles. The molecule has 0 aliphatic carbocycles. The van der Waals surface area contributed by atoms with Crippen molar-refractivity contribution < 1.29 is 14.3 Å². The first-order valence-electron chi connectivity index (χ1n) is 6.09.